The molecule has 3 aromatic rings. The summed E-state index contributed by atoms with van der Waals surface area (Å²) in [6, 6.07) is 15.4. The number of ether oxygens (including phenoxy) is 2. The monoisotopic (exact) mass is 405 g/mol. The lowest BCUT2D eigenvalue weighted by molar-refractivity contribution is -0.138. The molecule has 2 heterocycles. The largest absolute Gasteiger partial charge is 0.494 e. The van der Waals surface area contributed by atoms with E-state index >= 15 is 0 Å². The van der Waals surface area contributed by atoms with Gasteiger partial charge in [-0.2, -0.15) is 0 Å². The Morgan fingerprint density at radius 1 is 1.13 bits per heavy atom. The van der Waals surface area contributed by atoms with Crippen molar-refractivity contribution in [3.8, 4) is 5.75 Å². The molecule has 0 saturated carbocycles. The van der Waals surface area contributed by atoms with Gasteiger partial charge in [0.2, 0.25) is 5.95 Å². The van der Waals surface area contributed by atoms with E-state index in [0.29, 0.717) is 18.8 Å². The van der Waals surface area contributed by atoms with Gasteiger partial charge in [-0.1, -0.05) is 37.6 Å². The molecule has 156 valence electrons. The predicted octanol–water partition coefficient (Wildman–Crippen LogP) is 5.18. The average Bonchev–Trinajstić information content (AvgIpc) is 3.13. The first-order valence-electron chi connectivity index (χ1n) is 10.5. The molecule has 0 saturated heterocycles. The molecule has 6 nitrogen and oxygen atoms in total. The fourth-order valence-corrected chi connectivity index (χ4v) is 3.81. The number of nitrogens with zero attached hydrogens (tertiary/aromatic N) is 2. The van der Waals surface area contributed by atoms with Crippen molar-refractivity contribution in [3.63, 3.8) is 0 Å². The van der Waals surface area contributed by atoms with E-state index < -0.39 is 0 Å². The van der Waals surface area contributed by atoms with Gasteiger partial charge in [-0.05, 0) is 50.1 Å². The molecule has 1 aliphatic rings. The number of hydrogen-bond acceptors (Lipinski definition) is 5. The van der Waals surface area contributed by atoms with Crippen molar-refractivity contribution in [1.82, 2.24) is 9.55 Å². The van der Waals surface area contributed by atoms with Crippen LogP contribution in [0.4, 0.5) is 5.95 Å². The molecule has 30 heavy (non-hydrogen) atoms. The first-order valence-corrected chi connectivity index (χ1v) is 10.5. The zero-order valence-corrected chi connectivity index (χ0v) is 17.6. The molecule has 1 N–H and O–H groups in total. The molecule has 0 aliphatic carbocycles. The van der Waals surface area contributed by atoms with Crippen LogP contribution in [0.3, 0.4) is 0 Å². The summed E-state index contributed by atoms with van der Waals surface area (Å²) in [6.45, 7) is 6.93. The van der Waals surface area contributed by atoms with Crippen LogP contribution in [0.15, 0.2) is 54.1 Å². The van der Waals surface area contributed by atoms with Crippen molar-refractivity contribution in [2.24, 2.45) is 0 Å². The van der Waals surface area contributed by atoms with Crippen LogP contribution in [-0.4, -0.2) is 28.7 Å². The number of aromatic nitrogens is 2. The molecule has 2 aromatic carbocycles. The number of rotatable bonds is 7. The van der Waals surface area contributed by atoms with E-state index in [1.54, 1.807) is 0 Å². The fourth-order valence-electron chi connectivity index (χ4n) is 3.81. The topological polar surface area (TPSA) is 65.4 Å². The molecule has 0 bridgehead atoms. The number of para-hydroxylation sites is 2. The molecule has 1 atom stereocenters. The summed E-state index contributed by atoms with van der Waals surface area (Å²) in [7, 11) is 0. The first kappa shape index (κ1) is 20.0. The second kappa shape index (κ2) is 8.61. The lowest BCUT2D eigenvalue weighted by Gasteiger charge is -2.29. The van der Waals surface area contributed by atoms with Crippen LogP contribution >= 0.6 is 0 Å². The zero-order chi connectivity index (χ0) is 21.1. The number of carbonyl (C=O) groups is 1. The molecule has 4 rings (SSSR count). The number of nitrogens with one attached hydrogen (secondary N) is 1. The molecular weight excluding hydrogens is 378 g/mol. The van der Waals surface area contributed by atoms with Crippen LogP contribution in [0, 0.1) is 0 Å². The Kier molecular flexibility index (Phi) is 5.74. The van der Waals surface area contributed by atoms with Crippen molar-refractivity contribution in [3.05, 3.63) is 59.7 Å². The first-order chi connectivity index (χ1) is 14.6. The molecule has 1 aromatic heterocycles. The predicted molar refractivity (Wildman–Crippen MR) is 118 cm³/mol. The quantitative estimate of drug-likeness (QED) is 0.434. The third-order valence-corrected chi connectivity index (χ3v) is 5.32. The van der Waals surface area contributed by atoms with Crippen LogP contribution in [-0.2, 0) is 9.53 Å². The minimum absolute atomic E-state index is 0.320. The Hall–Kier alpha value is -3.28. The van der Waals surface area contributed by atoms with Gasteiger partial charge in [0.15, 0.2) is 0 Å². The third kappa shape index (κ3) is 3.65. The van der Waals surface area contributed by atoms with Gasteiger partial charge in [0.25, 0.3) is 0 Å². The molecule has 0 fully saturated rings. The van der Waals surface area contributed by atoms with Gasteiger partial charge in [-0.3, -0.25) is 4.57 Å². The molecule has 1 aliphatic heterocycles. The number of hydrogen-bond donors (Lipinski definition) is 1. The van der Waals surface area contributed by atoms with Crippen LogP contribution in [0.5, 0.6) is 5.75 Å². The highest BCUT2D eigenvalue weighted by atomic mass is 16.5. The summed E-state index contributed by atoms with van der Waals surface area (Å²) in [5.41, 5.74) is 4.20. The Bertz CT molecular complexity index is 1080. The highest BCUT2D eigenvalue weighted by Crippen LogP contribution is 2.39. The van der Waals surface area contributed by atoms with Crippen LogP contribution < -0.4 is 10.1 Å². The summed E-state index contributed by atoms with van der Waals surface area (Å²) in [4.78, 5) is 17.7. The molecule has 0 amide bonds. The lowest BCUT2D eigenvalue weighted by Crippen LogP contribution is -2.28. The summed E-state index contributed by atoms with van der Waals surface area (Å²) in [5, 5.41) is 3.45. The SMILES string of the molecule is CCCCOc1ccc([C@@H]2Nc3nc4ccccc4n3C(C)=C2C(=O)OCC)cc1. The third-order valence-electron chi connectivity index (χ3n) is 5.32. The minimum Gasteiger partial charge on any atom is -0.494 e. The maximum absolute atomic E-state index is 12.9. The summed E-state index contributed by atoms with van der Waals surface area (Å²) in [5.74, 6) is 1.22. The van der Waals surface area contributed by atoms with Crippen molar-refractivity contribution < 1.29 is 14.3 Å². The smallest absolute Gasteiger partial charge is 0.338 e. The number of esters is 1. The van der Waals surface area contributed by atoms with E-state index in [0.717, 1.165) is 46.8 Å². The van der Waals surface area contributed by atoms with Gasteiger partial charge in [0, 0.05) is 5.70 Å². The Labute approximate surface area is 176 Å². The van der Waals surface area contributed by atoms with Gasteiger partial charge >= 0.3 is 5.97 Å². The van der Waals surface area contributed by atoms with Crippen molar-refractivity contribution in [1.29, 1.82) is 0 Å². The van der Waals surface area contributed by atoms with Crippen LogP contribution in [0.2, 0.25) is 0 Å². The van der Waals surface area contributed by atoms with E-state index in [4.69, 9.17) is 14.5 Å². The maximum Gasteiger partial charge on any atom is 0.338 e. The number of benzene rings is 2. The Morgan fingerprint density at radius 3 is 2.63 bits per heavy atom. The fraction of sp³-hybridized carbons (Fsp3) is 0.333. The Morgan fingerprint density at radius 2 is 1.90 bits per heavy atom. The van der Waals surface area contributed by atoms with Crippen molar-refractivity contribution in [2.75, 3.05) is 18.5 Å². The van der Waals surface area contributed by atoms with Crippen molar-refractivity contribution in [2.45, 2.75) is 39.7 Å². The summed E-state index contributed by atoms with van der Waals surface area (Å²) in [6.07, 6.45) is 2.12. The number of fused-ring (bicyclic) bond motifs is 3. The van der Waals surface area contributed by atoms with Gasteiger partial charge in [-0.15, -0.1) is 0 Å². The second-order valence-corrected chi connectivity index (χ2v) is 7.33. The Balaban J connectivity index is 1.74. The molecule has 0 radical (unpaired) electrons. The molecular formula is C24H27N3O3. The lowest BCUT2D eigenvalue weighted by atomic mass is 9.95. The number of allylic oxidation sites excluding steroid dienone is 1. The van der Waals surface area contributed by atoms with Gasteiger partial charge < -0.3 is 14.8 Å². The van der Waals surface area contributed by atoms with E-state index in [2.05, 4.69) is 12.2 Å². The highest BCUT2D eigenvalue weighted by Gasteiger charge is 2.33. The number of carbonyl (C=O) groups excluding carboxylic acids is 1. The standard InChI is InChI=1S/C24H27N3O3/c1-4-6-15-30-18-13-11-17(12-14-18)22-21(23(28)29-5-2)16(3)27-20-10-8-7-9-19(20)25-24(27)26-22/h7-14,22H,4-6,15H2,1-3H3,(H,25,26)/t22-/m0/s1. The normalized spacial score (nSPS) is 15.6. The second-order valence-electron chi connectivity index (χ2n) is 7.33. The summed E-state index contributed by atoms with van der Waals surface area (Å²) < 4.78 is 13.2. The zero-order valence-electron chi connectivity index (χ0n) is 17.6. The maximum atomic E-state index is 12.9. The average molecular weight is 405 g/mol. The van der Waals surface area contributed by atoms with Crippen molar-refractivity contribution >= 4 is 28.6 Å². The summed E-state index contributed by atoms with van der Waals surface area (Å²) >= 11 is 0. The number of unbranched alkanes of at least 4 members (excludes halogenated alkanes) is 1. The molecule has 0 spiro atoms. The van der Waals surface area contributed by atoms with Gasteiger partial charge in [-0.25, -0.2) is 9.78 Å². The van der Waals surface area contributed by atoms with Crippen LogP contribution in [0.1, 0.15) is 45.2 Å². The van der Waals surface area contributed by atoms with E-state index in [9.17, 15) is 4.79 Å². The number of imidazole rings is 1. The van der Waals surface area contributed by atoms with Gasteiger partial charge in [0.1, 0.15) is 5.75 Å². The number of anilines is 1. The van der Waals surface area contributed by atoms with Crippen LogP contribution in [0.25, 0.3) is 16.7 Å². The van der Waals surface area contributed by atoms with E-state index in [-0.39, 0.29) is 12.0 Å². The minimum atomic E-state index is -0.349. The van der Waals surface area contributed by atoms with Gasteiger partial charge in [0.05, 0.1) is 35.9 Å². The van der Waals surface area contributed by atoms with E-state index in [1.807, 2.05) is 66.9 Å². The van der Waals surface area contributed by atoms with E-state index in [1.165, 1.54) is 0 Å². The molecule has 0 unspecified atom stereocenters. The molecule has 6 heteroatoms. The highest BCUT2D eigenvalue weighted by molar-refractivity contribution is 6.00.